The summed E-state index contributed by atoms with van der Waals surface area (Å²) in [6, 6.07) is 0. The van der Waals surface area contributed by atoms with Crippen molar-refractivity contribution in [1.29, 1.82) is 0 Å². The first-order chi connectivity index (χ1) is 7.11. The van der Waals surface area contributed by atoms with E-state index < -0.39 is 0 Å². The Balaban J connectivity index is 2.75. The van der Waals surface area contributed by atoms with Gasteiger partial charge in [-0.1, -0.05) is 27.7 Å². The molecular weight excluding hydrogens is 206 g/mol. The van der Waals surface area contributed by atoms with Crippen LogP contribution in [0.25, 0.3) is 10.2 Å². The lowest BCUT2D eigenvalue weighted by molar-refractivity contribution is 0.812. The molecule has 80 valence electrons. The summed E-state index contributed by atoms with van der Waals surface area (Å²) < 4.78 is 4.48. The van der Waals surface area contributed by atoms with Crippen LogP contribution in [0, 0.1) is 0 Å². The zero-order valence-corrected chi connectivity index (χ0v) is 10.3. The molecule has 2 rings (SSSR count). The Labute approximate surface area is 93.7 Å². The minimum atomic E-state index is 0.421. The molecular formula is C11H15N3S. The highest BCUT2D eigenvalue weighted by atomic mass is 32.1. The maximum atomic E-state index is 4.48. The fourth-order valence-corrected chi connectivity index (χ4v) is 2.54. The van der Waals surface area contributed by atoms with Gasteiger partial charge < -0.3 is 0 Å². The zero-order chi connectivity index (χ0) is 11.0. The van der Waals surface area contributed by atoms with Gasteiger partial charge in [-0.25, -0.2) is 9.97 Å². The number of hydrogen-bond acceptors (Lipinski definition) is 4. The van der Waals surface area contributed by atoms with E-state index in [1.807, 2.05) is 0 Å². The van der Waals surface area contributed by atoms with E-state index in [1.54, 1.807) is 6.33 Å². The summed E-state index contributed by atoms with van der Waals surface area (Å²) in [4.78, 5) is 9.66. The number of rotatable bonds is 2. The largest absolute Gasteiger partial charge is 0.240 e. The molecule has 0 spiro atoms. The Hall–Kier alpha value is -1.03. The van der Waals surface area contributed by atoms with Crippen LogP contribution in [-0.2, 0) is 0 Å². The van der Waals surface area contributed by atoms with E-state index >= 15 is 0 Å². The van der Waals surface area contributed by atoms with Crippen LogP contribution in [0.3, 0.4) is 0 Å². The normalized spacial score (nSPS) is 11.9. The molecule has 0 N–H and O–H groups in total. The second-order valence-electron chi connectivity index (χ2n) is 4.32. The molecule has 0 fully saturated rings. The summed E-state index contributed by atoms with van der Waals surface area (Å²) in [7, 11) is 0. The van der Waals surface area contributed by atoms with Gasteiger partial charge in [0.2, 0.25) is 0 Å². The lowest BCUT2D eigenvalue weighted by Crippen LogP contribution is -1.97. The van der Waals surface area contributed by atoms with E-state index in [-0.39, 0.29) is 0 Å². The number of aromatic nitrogens is 3. The van der Waals surface area contributed by atoms with Crippen LogP contribution in [0.2, 0.25) is 0 Å². The highest BCUT2D eigenvalue weighted by molar-refractivity contribution is 7.12. The third-order valence-corrected chi connectivity index (χ3v) is 3.19. The van der Waals surface area contributed by atoms with Crippen LogP contribution >= 0.6 is 11.5 Å². The van der Waals surface area contributed by atoms with Crippen LogP contribution in [-0.4, -0.2) is 14.3 Å². The average Bonchev–Trinajstić information content (AvgIpc) is 2.60. The lowest BCUT2D eigenvalue weighted by atomic mass is 10.0. The van der Waals surface area contributed by atoms with Gasteiger partial charge in [-0.05, 0) is 23.4 Å². The van der Waals surface area contributed by atoms with Crippen molar-refractivity contribution in [2.45, 2.75) is 39.5 Å². The van der Waals surface area contributed by atoms with Gasteiger partial charge in [-0.15, -0.1) is 0 Å². The highest BCUT2D eigenvalue weighted by Gasteiger charge is 2.16. The molecule has 0 aliphatic carbocycles. The number of fused-ring (bicyclic) bond motifs is 1. The summed E-state index contributed by atoms with van der Waals surface area (Å²) >= 11 is 1.47. The lowest BCUT2D eigenvalue weighted by Gasteiger charge is -2.07. The minimum absolute atomic E-state index is 0.421. The van der Waals surface area contributed by atoms with Gasteiger partial charge >= 0.3 is 0 Å². The van der Waals surface area contributed by atoms with Gasteiger partial charge in [0.25, 0.3) is 0 Å². The fourth-order valence-electron chi connectivity index (χ4n) is 1.66. The molecule has 0 saturated heterocycles. The van der Waals surface area contributed by atoms with Crippen molar-refractivity contribution in [1.82, 2.24) is 14.3 Å². The summed E-state index contributed by atoms with van der Waals surface area (Å²) in [6.07, 6.45) is 1.64. The second-order valence-corrected chi connectivity index (χ2v) is 5.07. The Bertz CT molecular complexity index is 474. The third kappa shape index (κ3) is 1.74. The van der Waals surface area contributed by atoms with Gasteiger partial charge in [0.15, 0.2) is 0 Å². The molecule has 2 aromatic rings. The van der Waals surface area contributed by atoms with E-state index in [1.165, 1.54) is 16.9 Å². The molecule has 0 aliphatic rings. The predicted octanol–water partition coefficient (Wildman–Crippen LogP) is 3.33. The molecule has 0 amide bonds. The number of nitrogens with zero attached hydrogens (tertiary/aromatic N) is 3. The van der Waals surface area contributed by atoms with Crippen LogP contribution in [0.4, 0.5) is 0 Å². The fraction of sp³-hybridized carbons (Fsp3) is 0.545. The van der Waals surface area contributed by atoms with Crippen LogP contribution in [0.15, 0.2) is 6.33 Å². The third-order valence-electron chi connectivity index (χ3n) is 2.42. The molecule has 2 heterocycles. The molecule has 0 saturated carbocycles. The summed E-state index contributed by atoms with van der Waals surface area (Å²) in [5.41, 5.74) is 2.26. The SMILES string of the molecule is CC(C)c1ncnc2snc(C(C)C)c12. The molecule has 0 aromatic carbocycles. The molecule has 0 atom stereocenters. The van der Waals surface area contributed by atoms with Crippen molar-refractivity contribution in [2.75, 3.05) is 0 Å². The Morgan fingerprint density at radius 2 is 1.67 bits per heavy atom. The van der Waals surface area contributed by atoms with Gasteiger partial charge in [-0.3, -0.25) is 0 Å². The monoisotopic (exact) mass is 221 g/mol. The van der Waals surface area contributed by atoms with Crippen molar-refractivity contribution in [3.63, 3.8) is 0 Å². The quantitative estimate of drug-likeness (QED) is 0.780. The molecule has 0 aliphatic heterocycles. The summed E-state index contributed by atoms with van der Waals surface area (Å²) in [5.74, 6) is 0.853. The van der Waals surface area contributed by atoms with Gasteiger partial charge in [-0.2, -0.15) is 4.37 Å². The van der Waals surface area contributed by atoms with E-state index in [2.05, 4.69) is 42.0 Å². The van der Waals surface area contributed by atoms with Crippen LogP contribution in [0.1, 0.15) is 50.9 Å². The van der Waals surface area contributed by atoms with Crippen molar-refractivity contribution in [3.05, 3.63) is 17.7 Å². The highest BCUT2D eigenvalue weighted by Crippen LogP contribution is 2.31. The van der Waals surface area contributed by atoms with E-state index in [0.717, 1.165) is 16.2 Å². The van der Waals surface area contributed by atoms with Crippen molar-refractivity contribution in [3.8, 4) is 0 Å². The zero-order valence-electron chi connectivity index (χ0n) is 9.48. The van der Waals surface area contributed by atoms with Gasteiger partial charge in [0.1, 0.15) is 11.2 Å². The van der Waals surface area contributed by atoms with Crippen molar-refractivity contribution >= 4 is 21.7 Å². The summed E-state index contributed by atoms with van der Waals surface area (Å²) in [5, 5.41) is 1.17. The standard InChI is InChI=1S/C11H15N3S/c1-6(2)9-8-10(7(3)4)14-15-11(8)13-5-12-9/h5-7H,1-4H3. The van der Waals surface area contributed by atoms with Gasteiger partial charge in [0.05, 0.1) is 16.8 Å². The summed E-state index contributed by atoms with van der Waals surface area (Å²) in [6.45, 7) is 8.63. The Morgan fingerprint density at radius 1 is 1.00 bits per heavy atom. The Morgan fingerprint density at radius 3 is 2.27 bits per heavy atom. The molecule has 0 unspecified atom stereocenters. The molecule has 0 bridgehead atoms. The topological polar surface area (TPSA) is 38.7 Å². The maximum Gasteiger partial charge on any atom is 0.147 e. The molecule has 3 nitrogen and oxygen atoms in total. The van der Waals surface area contributed by atoms with Crippen molar-refractivity contribution < 1.29 is 0 Å². The van der Waals surface area contributed by atoms with Gasteiger partial charge in [0, 0.05) is 0 Å². The first-order valence-corrected chi connectivity index (χ1v) is 5.98. The first kappa shape index (κ1) is 10.5. The minimum Gasteiger partial charge on any atom is -0.240 e. The van der Waals surface area contributed by atoms with E-state index in [4.69, 9.17) is 0 Å². The second kappa shape index (κ2) is 3.85. The number of hydrogen-bond donors (Lipinski definition) is 0. The molecule has 2 aromatic heterocycles. The van der Waals surface area contributed by atoms with E-state index in [9.17, 15) is 0 Å². The van der Waals surface area contributed by atoms with Crippen molar-refractivity contribution in [2.24, 2.45) is 0 Å². The molecule has 4 heteroatoms. The van der Waals surface area contributed by atoms with Crippen LogP contribution < -0.4 is 0 Å². The van der Waals surface area contributed by atoms with Crippen LogP contribution in [0.5, 0.6) is 0 Å². The molecule has 15 heavy (non-hydrogen) atoms. The average molecular weight is 221 g/mol. The molecule has 0 radical (unpaired) electrons. The first-order valence-electron chi connectivity index (χ1n) is 5.21. The van der Waals surface area contributed by atoms with E-state index in [0.29, 0.717) is 11.8 Å². The predicted molar refractivity (Wildman–Crippen MR) is 63.4 cm³/mol. The maximum absolute atomic E-state index is 4.48. The smallest absolute Gasteiger partial charge is 0.147 e. The Kier molecular flexibility index (Phi) is 2.69.